The van der Waals surface area contributed by atoms with E-state index in [1.54, 1.807) is 32.0 Å². The minimum atomic E-state index is -0.921. The molecular weight excluding hydrogens is 208 g/mol. The van der Waals surface area contributed by atoms with Gasteiger partial charge in [0.1, 0.15) is 13.2 Å². The van der Waals surface area contributed by atoms with Crippen LogP contribution in [0.3, 0.4) is 0 Å². The Hall–Kier alpha value is -1.71. The molecule has 1 N–H and O–H groups in total. The zero-order valence-electron chi connectivity index (χ0n) is 9.32. The monoisotopic (exact) mass is 222 g/mol. The van der Waals surface area contributed by atoms with Crippen molar-refractivity contribution < 1.29 is 19.4 Å². The molecule has 0 aromatic heterocycles. The molecule has 0 atom stereocenters. The minimum absolute atomic E-state index is 0.504. The molecule has 0 unspecified atom stereocenters. The Balaban J connectivity index is 2.40. The highest BCUT2D eigenvalue weighted by Gasteiger charge is 2.30. The first-order valence-electron chi connectivity index (χ1n) is 5.15. The molecule has 1 aliphatic rings. The van der Waals surface area contributed by atoms with E-state index in [2.05, 4.69) is 0 Å². The van der Waals surface area contributed by atoms with E-state index in [9.17, 15) is 4.79 Å². The van der Waals surface area contributed by atoms with Gasteiger partial charge in [-0.1, -0.05) is 6.07 Å². The normalized spacial score (nSPS) is 14.6. The molecule has 0 aliphatic carbocycles. The molecule has 1 aromatic carbocycles. The summed E-state index contributed by atoms with van der Waals surface area (Å²) in [4.78, 5) is 11.1. The Morgan fingerprint density at radius 3 is 2.50 bits per heavy atom. The average molecular weight is 222 g/mol. The zero-order valence-corrected chi connectivity index (χ0v) is 9.32. The molecule has 0 radical (unpaired) electrons. The molecule has 0 saturated carbocycles. The van der Waals surface area contributed by atoms with E-state index < -0.39 is 11.4 Å². The van der Waals surface area contributed by atoms with Gasteiger partial charge in [0.25, 0.3) is 0 Å². The lowest BCUT2D eigenvalue weighted by Crippen LogP contribution is -2.28. The second-order valence-corrected chi connectivity index (χ2v) is 4.29. The number of carbonyl (C=O) groups is 1. The zero-order chi connectivity index (χ0) is 11.8. The van der Waals surface area contributed by atoms with Crippen LogP contribution in [0, 0.1) is 0 Å². The number of aliphatic carboxylic acids is 1. The lowest BCUT2D eigenvalue weighted by molar-refractivity contribution is -0.142. The van der Waals surface area contributed by atoms with Crippen molar-refractivity contribution in [1.82, 2.24) is 0 Å². The maximum atomic E-state index is 11.1. The SMILES string of the molecule is CC(C)(C(=O)O)c1ccc2c(c1)OCCO2. The lowest BCUT2D eigenvalue weighted by atomic mass is 9.84. The van der Waals surface area contributed by atoms with Crippen LogP contribution in [0.15, 0.2) is 18.2 Å². The van der Waals surface area contributed by atoms with Gasteiger partial charge in [0, 0.05) is 0 Å². The van der Waals surface area contributed by atoms with E-state index in [0.717, 1.165) is 0 Å². The van der Waals surface area contributed by atoms with Gasteiger partial charge in [-0.2, -0.15) is 0 Å². The summed E-state index contributed by atoms with van der Waals surface area (Å²) >= 11 is 0. The van der Waals surface area contributed by atoms with Crippen LogP contribution >= 0.6 is 0 Å². The summed E-state index contributed by atoms with van der Waals surface area (Å²) in [5, 5.41) is 9.13. The number of carboxylic acids is 1. The molecule has 86 valence electrons. The predicted molar refractivity (Wildman–Crippen MR) is 58.1 cm³/mol. The van der Waals surface area contributed by atoms with Crippen LogP contribution in [0.4, 0.5) is 0 Å². The summed E-state index contributed by atoms with van der Waals surface area (Å²) in [5.74, 6) is 0.443. The van der Waals surface area contributed by atoms with Crippen LogP contribution in [0.2, 0.25) is 0 Å². The fourth-order valence-electron chi connectivity index (χ4n) is 1.56. The van der Waals surface area contributed by atoms with Gasteiger partial charge in [-0.05, 0) is 31.5 Å². The first kappa shape index (κ1) is 10.8. The Labute approximate surface area is 93.8 Å². The Kier molecular flexibility index (Phi) is 2.50. The maximum Gasteiger partial charge on any atom is 0.313 e. The van der Waals surface area contributed by atoms with Crippen LogP contribution in [0.5, 0.6) is 11.5 Å². The highest BCUT2D eigenvalue weighted by atomic mass is 16.6. The maximum absolute atomic E-state index is 11.1. The van der Waals surface area contributed by atoms with Gasteiger partial charge in [0.05, 0.1) is 5.41 Å². The molecule has 1 aromatic rings. The first-order valence-corrected chi connectivity index (χ1v) is 5.15. The van der Waals surface area contributed by atoms with Gasteiger partial charge in [-0.25, -0.2) is 0 Å². The molecule has 0 spiro atoms. The number of carboxylic acid groups (broad SMARTS) is 1. The van der Waals surface area contributed by atoms with Crippen LogP contribution in [-0.4, -0.2) is 24.3 Å². The summed E-state index contributed by atoms with van der Waals surface area (Å²) in [7, 11) is 0. The van der Waals surface area contributed by atoms with E-state index >= 15 is 0 Å². The topological polar surface area (TPSA) is 55.8 Å². The summed E-state index contributed by atoms with van der Waals surface area (Å²) in [6.07, 6.45) is 0. The van der Waals surface area contributed by atoms with Crippen LogP contribution in [0.1, 0.15) is 19.4 Å². The fourth-order valence-corrected chi connectivity index (χ4v) is 1.56. The van der Waals surface area contributed by atoms with E-state index in [1.165, 1.54) is 0 Å². The summed E-state index contributed by atoms with van der Waals surface area (Å²) < 4.78 is 10.8. The first-order chi connectivity index (χ1) is 7.51. The third-order valence-corrected chi connectivity index (χ3v) is 2.80. The highest BCUT2D eigenvalue weighted by Crippen LogP contribution is 2.35. The van der Waals surface area contributed by atoms with Gasteiger partial charge in [0.15, 0.2) is 11.5 Å². The third-order valence-electron chi connectivity index (χ3n) is 2.80. The molecule has 1 heterocycles. The number of benzene rings is 1. The van der Waals surface area contributed by atoms with Crippen LogP contribution < -0.4 is 9.47 Å². The van der Waals surface area contributed by atoms with Gasteiger partial charge < -0.3 is 14.6 Å². The van der Waals surface area contributed by atoms with Gasteiger partial charge >= 0.3 is 5.97 Å². The van der Waals surface area contributed by atoms with Crippen molar-refractivity contribution >= 4 is 5.97 Å². The number of fused-ring (bicyclic) bond motifs is 1. The van der Waals surface area contributed by atoms with Gasteiger partial charge in [-0.3, -0.25) is 4.79 Å². The quantitative estimate of drug-likeness (QED) is 0.829. The minimum Gasteiger partial charge on any atom is -0.486 e. The third kappa shape index (κ3) is 1.71. The van der Waals surface area contributed by atoms with Crippen molar-refractivity contribution in [2.75, 3.05) is 13.2 Å². The second kappa shape index (κ2) is 3.70. The van der Waals surface area contributed by atoms with Gasteiger partial charge in [0.2, 0.25) is 0 Å². The molecule has 0 amide bonds. The standard InChI is InChI=1S/C12H14O4/c1-12(2,11(13)14)8-3-4-9-10(7-8)16-6-5-15-9/h3-4,7H,5-6H2,1-2H3,(H,13,14). The fraction of sp³-hybridized carbons (Fsp3) is 0.417. The predicted octanol–water partition coefficient (Wildman–Crippen LogP) is 1.82. The summed E-state index contributed by atoms with van der Waals surface area (Å²) in [6, 6.07) is 5.26. The van der Waals surface area contributed by atoms with Crippen molar-refractivity contribution in [3.05, 3.63) is 23.8 Å². The van der Waals surface area contributed by atoms with Crippen molar-refractivity contribution in [2.45, 2.75) is 19.3 Å². The Morgan fingerprint density at radius 2 is 1.88 bits per heavy atom. The second-order valence-electron chi connectivity index (χ2n) is 4.29. The smallest absolute Gasteiger partial charge is 0.313 e. The molecule has 1 aliphatic heterocycles. The molecule has 4 nitrogen and oxygen atoms in total. The molecule has 16 heavy (non-hydrogen) atoms. The number of hydrogen-bond donors (Lipinski definition) is 1. The van der Waals surface area contributed by atoms with Crippen molar-refractivity contribution in [1.29, 1.82) is 0 Å². The van der Waals surface area contributed by atoms with E-state index in [4.69, 9.17) is 14.6 Å². The number of ether oxygens (including phenoxy) is 2. The average Bonchev–Trinajstić information content (AvgIpc) is 2.28. The Bertz CT molecular complexity index is 423. The summed E-state index contributed by atoms with van der Waals surface area (Å²) in [6.45, 7) is 4.38. The number of hydrogen-bond acceptors (Lipinski definition) is 3. The van der Waals surface area contributed by atoms with Crippen molar-refractivity contribution in [2.24, 2.45) is 0 Å². The van der Waals surface area contributed by atoms with Crippen LogP contribution in [0.25, 0.3) is 0 Å². The van der Waals surface area contributed by atoms with Crippen molar-refractivity contribution in [3.8, 4) is 11.5 Å². The lowest BCUT2D eigenvalue weighted by Gasteiger charge is -2.23. The van der Waals surface area contributed by atoms with Gasteiger partial charge in [-0.15, -0.1) is 0 Å². The van der Waals surface area contributed by atoms with E-state index in [0.29, 0.717) is 30.3 Å². The number of rotatable bonds is 2. The molecule has 0 saturated heterocycles. The molecule has 0 bridgehead atoms. The van der Waals surface area contributed by atoms with Crippen molar-refractivity contribution in [3.63, 3.8) is 0 Å². The van der Waals surface area contributed by atoms with E-state index in [1.807, 2.05) is 0 Å². The molecule has 2 rings (SSSR count). The highest BCUT2D eigenvalue weighted by molar-refractivity contribution is 5.80. The molecule has 4 heteroatoms. The summed E-state index contributed by atoms with van der Waals surface area (Å²) in [5.41, 5.74) is -0.209. The van der Waals surface area contributed by atoms with E-state index in [-0.39, 0.29) is 0 Å². The largest absolute Gasteiger partial charge is 0.486 e. The Morgan fingerprint density at radius 1 is 1.25 bits per heavy atom. The molecular formula is C12H14O4. The molecule has 0 fully saturated rings. The van der Waals surface area contributed by atoms with Crippen LogP contribution in [-0.2, 0) is 10.2 Å².